The Morgan fingerprint density at radius 2 is 1.95 bits per heavy atom. The Balaban J connectivity index is 1.77. The van der Waals surface area contributed by atoms with E-state index in [1.807, 2.05) is 43.0 Å². The van der Waals surface area contributed by atoms with Crippen molar-refractivity contribution in [2.45, 2.75) is 32.7 Å². The zero-order valence-electron chi connectivity index (χ0n) is 12.3. The van der Waals surface area contributed by atoms with Crippen LogP contribution in [0.25, 0.3) is 0 Å². The normalized spacial score (nSPS) is 17.9. The van der Waals surface area contributed by atoms with Crippen molar-refractivity contribution in [3.05, 3.63) is 29.8 Å². The summed E-state index contributed by atoms with van der Waals surface area (Å²) in [5, 5.41) is 0. The first-order valence-corrected chi connectivity index (χ1v) is 7.29. The first-order valence-electron chi connectivity index (χ1n) is 7.29. The Kier molecular flexibility index (Phi) is 5.01. The molecule has 0 saturated carbocycles. The van der Waals surface area contributed by atoms with E-state index >= 15 is 0 Å². The molecule has 1 atom stereocenters. The molecule has 4 heteroatoms. The van der Waals surface area contributed by atoms with Crippen LogP contribution in [0.3, 0.4) is 0 Å². The van der Waals surface area contributed by atoms with Gasteiger partial charge in [0.1, 0.15) is 5.75 Å². The number of likely N-dealkylation sites (tertiary alicyclic amines) is 1. The van der Waals surface area contributed by atoms with Crippen LogP contribution in [-0.4, -0.2) is 36.5 Å². The van der Waals surface area contributed by atoms with Gasteiger partial charge in [0.2, 0.25) is 0 Å². The number of hydrogen-bond donors (Lipinski definition) is 1. The highest BCUT2D eigenvalue weighted by molar-refractivity contribution is 5.77. The lowest BCUT2D eigenvalue weighted by molar-refractivity contribution is -0.134. The van der Waals surface area contributed by atoms with Crippen LogP contribution < -0.4 is 10.5 Å². The molecule has 1 aliphatic rings. The minimum Gasteiger partial charge on any atom is -0.484 e. The van der Waals surface area contributed by atoms with E-state index in [-0.39, 0.29) is 18.6 Å². The van der Waals surface area contributed by atoms with Gasteiger partial charge in [-0.1, -0.05) is 17.7 Å². The van der Waals surface area contributed by atoms with Gasteiger partial charge in [-0.15, -0.1) is 0 Å². The average molecular weight is 276 g/mol. The number of carbonyl (C=O) groups excluding carboxylic acids is 1. The number of benzene rings is 1. The fourth-order valence-electron chi connectivity index (χ4n) is 2.55. The van der Waals surface area contributed by atoms with Crippen LogP contribution in [-0.2, 0) is 4.79 Å². The number of nitrogens with two attached hydrogens (primary N) is 1. The monoisotopic (exact) mass is 276 g/mol. The molecule has 1 fully saturated rings. The highest BCUT2D eigenvalue weighted by atomic mass is 16.5. The Hall–Kier alpha value is -1.55. The molecule has 1 aliphatic heterocycles. The molecule has 1 aromatic carbocycles. The third-order valence-electron chi connectivity index (χ3n) is 4.02. The molecule has 2 N–H and O–H groups in total. The molecule has 0 radical (unpaired) electrons. The lowest BCUT2D eigenvalue weighted by atomic mass is 9.91. The third-order valence-corrected chi connectivity index (χ3v) is 4.02. The van der Waals surface area contributed by atoms with Gasteiger partial charge < -0.3 is 15.4 Å². The smallest absolute Gasteiger partial charge is 0.260 e. The Labute approximate surface area is 120 Å². The van der Waals surface area contributed by atoms with Crippen LogP contribution in [0.5, 0.6) is 5.75 Å². The van der Waals surface area contributed by atoms with E-state index in [1.165, 1.54) is 5.56 Å². The number of amides is 1. The van der Waals surface area contributed by atoms with Crippen LogP contribution in [0.1, 0.15) is 25.3 Å². The van der Waals surface area contributed by atoms with Crippen molar-refractivity contribution in [3.8, 4) is 5.75 Å². The fraction of sp³-hybridized carbons (Fsp3) is 0.562. The van der Waals surface area contributed by atoms with Gasteiger partial charge in [0.25, 0.3) is 5.91 Å². The summed E-state index contributed by atoms with van der Waals surface area (Å²) in [7, 11) is 0. The minimum atomic E-state index is 0.0636. The predicted octanol–water partition coefficient (Wildman–Crippen LogP) is 1.96. The molecule has 20 heavy (non-hydrogen) atoms. The van der Waals surface area contributed by atoms with Crippen LogP contribution in [0.15, 0.2) is 24.3 Å². The van der Waals surface area contributed by atoms with E-state index in [0.29, 0.717) is 5.92 Å². The average Bonchev–Trinajstić information content (AvgIpc) is 2.46. The molecule has 1 aromatic rings. The maximum Gasteiger partial charge on any atom is 0.260 e. The second kappa shape index (κ2) is 6.75. The zero-order valence-corrected chi connectivity index (χ0v) is 12.3. The summed E-state index contributed by atoms with van der Waals surface area (Å²) in [6.07, 6.45) is 1.99. The molecule has 1 heterocycles. The summed E-state index contributed by atoms with van der Waals surface area (Å²) in [6.45, 7) is 5.77. The van der Waals surface area contributed by atoms with Crippen molar-refractivity contribution in [1.29, 1.82) is 0 Å². The molecule has 0 spiro atoms. The summed E-state index contributed by atoms with van der Waals surface area (Å²) in [5.41, 5.74) is 7.09. The summed E-state index contributed by atoms with van der Waals surface area (Å²) in [5.74, 6) is 1.35. The van der Waals surface area contributed by atoms with Crippen LogP contribution >= 0.6 is 0 Å². The number of aryl methyl sites for hydroxylation is 1. The van der Waals surface area contributed by atoms with Gasteiger partial charge in [0.15, 0.2) is 6.61 Å². The largest absolute Gasteiger partial charge is 0.484 e. The summed E-state index contributed by atoms with van der Waals surface area (Å²) >= 11 is 0. The van der Waals surface area contributed by atoms with E-state index in [1.54, 1.807) is 0 Å². The number of rotatable bonds is 4. The Morgan fingerprint density at radius 3 is 2.50 bits per heavy atom. The number of piperidine rings is 1. The van der Waals surface area contributed by atoms with Gasteiger partial charge >= 0.3 is 0 Å². The molecular weight excluding hydrogens is 252 g/mol. The highest BCUT2D eigenvalue weighted by Crippen LogP contribution is 2.19. The highest BCUT2D eigenvalue weighted by Gasteiger charge is 2.24. The van der Waals surface area contributed by atoms with Crippen LogP contribution in [0, 0.1) is 12.8 Å². The van der Waals surface area contributed by atoms with E-state index in [0.717, 1.165) is 31.7 Å². The number of carbonyl (C=O) groups is 1. The van der Waals surface area contributed by atoms with E-state index < -0.39 is 0 Å². The molecule has 110 valence electrons. The maximum absolute atomic E-state index is 12.1. The molecular formula is C16H24N2O2. The van der Waals surface area contributed by atoms with Crippen molar-refractivity contribution in [2.75, 3.05) is 19.7 Å². The minimum absolute atomic E-state index is 0.0636. The van der Waals surface area contributed by atoms with Crippen LogP contribution in [0.2, 0.25) is 0 Å². The van der Waals surface area contributed by atoms with Gasteiger partial charge in [0.05, 0.1) is 0 Å². The van der Waals surface area contributed by atoms with E-state index in [2.05, 4.69) is 0 Å². The quantitative estimate of drug-likeness (QED) is 0.914. The van der Waals surface area contributed by atoms with Gasteiger partial charge in [0, 0.05) is 19.1 Å². The number of nitrogens with zero attached hydrogens (tertiary/aromatic N) is 1. The third kappa shape index (κ3) is 3.97. The van der Waals surface area contributed by atoms with Crippen molar-refractivity contribution >= 4 is 5.91 Å². The molecule has 1 amide bonds. The maximum atomic E-state index is 12.1. The number of ether oxygens (including phenoxy) is 1. The van der Waals surface area contributed by atoms with E-state index in [9.17, 15) is 4.79 Å². The fourth-order valence-corrected chi connectivity index (χ4v) is 2.55. The standard InChI is InChI=1S/C16H24N2O2/c1-12-3-5-15(6-4-12)20-11-16(19)18-9-7-14(8-10-18)13(2)17/h3-6,13-14H,7-11,17H2,1-2H3. The molecule has 4 nitrogen and oxygen atoms in total. The van der Waals surface area contributed by atoms with E-state index in [4.69, 9.17) is 10.5 Å². The zero-order chi connectivity index (χ0) is 14.5. The molecule has 0 aliphatic carbocycles. The van der Waals surface area contributed by atoms with Gasteiger partial charge in [-0.2, -0.15) is 0 Å². The first kappa shape index (κ1) is 14.9. The molecule has 0 bridgehead atoms. The van der Waals surface area contributed by atoms with Gasteiger partial charge in [-0.05, 0) is 44.7 Å². The summed E-state index contributed by atoms with van der Waals surface area (Å²) in [6, 6.07) is 7.97. The van der Waals surface area contributed by atoms with Crippen LogP contribution in [0.4, 0.5) is 0 Å². The Morgan fingerprint density at radius 1 is 1.35 bits per heavy atom. The topological polar surface area (TPSA) is 55.6 Å². The second-order valence-corrected chi connectivity index (χ2v) is 5.68. The van der Waals surface area contributed by atoms with Crippen molar-refractivity contribution in [3.63, 3.8) is 0 Å². The van der Waals surface area contributed by atoms with Gasteiger partial charge in [-0.3, -0.25) is 4.79 Å². The molecule has 1 unspecified atom stereocenters. The van der Waals surface area contributed by atoms with Gasteiger partial charge in [-0.25, -0.2) is 0 Å². The summed E-state index contributed by atoms with van der Waals surface area (Å²) < 4.78 is 5.53. The lowest BCUT2D eigenvalue weighted by Crippen LogP contribution is -2.44. The first-order chi connectivity index (χ1) is 9.56. The molecule has 0 aromatic heterocycles. The molecule has 2 rings (SSSR count). The second-order valence-electron chi connectivity index (χ2n) is 5.68. The van der Waals surface area contributed by atoms with Crippen molar-refractivity contribution in [2.24, 2.45) is 11.7 Å². The lowest BCUT2D eigenvalue weighted by Gasteiger charge is -2.33. The summed E-state index contributed by atoms with van der Waals surface area (Å²) in [4.78, 5) is 14.0. The molecule has 1 saturated heterocycles. The number of hydrogen-bond acceptors (Lipinski definition) is 3. The SMILES string of the molecule is Cc1ccc(OCC(=O)N2CCC(C(C)N)CC2)cc1. The predicted molar refractivity (Wildman–Crippen MR) is 79.6 cm³/mol. The Bertz CT molecular complexity index is 434. The van der Waals surface area contributed by atoms with Crippen molar-refractivity contribution < 1.29 is 9.53 Å². The van der Waals surface area contributed by atoms with Crippen molar-refractivity contribution in [1.82, 2.24) is 4.90 Å².